The fourth-order valence-electron chi connectivity index (χ4n) is 3.50. The minimum absolute atomic E-state index is 0.0555. The number of nitrogens with zero attached hydrogens (tertiary/aromatic N) is 3. The highest BCUT2D eigenvalue weighted by atomic mass is 32.2. The van der Waals surface area contributed by atoms with Crippen molar-refractivity contribution in [3.8, 4) is 22.1 Å². The Bertz CT molecular complexity index is 1310. The van der Waals surface area contributed by atoms with E-state index in [1.807, 2.05) is 47.0 Å². The molecule has 0 atom stereocenters. The molecule has 0 N–H and O–H groups in total. The second kappa shape index (κ2) is 8.36. The second-order valence-electron chi connectivity index (χ2n) is 7.32. The van der Waals surface area contributed by atoms with Crippen molar-refractivity contribution in [2.75, 3.05) is 14.2 Å². The fourth-order valence-corrected chi connectivity index (χ4v) is 5.38. The van der Waals surface area contributed by atoms with Gasteiger partial charge in [-0.05, 0) is 43.2 Å². The number of rotatable bonds is 7. The summed E-state index contributed by atoms with van der Waals surface area (Å²) < 4.78 is 12.6. The molecule has 1 saturated carbocycles. The normalized spacial score (nSPS) is 13.5. The smallest absolute Gasteiger partial charge is 0.262 e. The predicted octanol–water partition coefficient (Wildman–Crippen LogP) is 5.16. The van der Waals surface area contributed by atoms with Gasteiger partial charge in [0.25, 0.3) is 5.56 Å². The fraction of sp³-hybridized carbons (Fsp3) is 0.261. The second-order valence-corrected chi connectivity index (χ2v) is 9.12. The van der Waals surface area contributed by atoms with Crippen LogP contribution in [-0.4, -0.2) is 28.8 Å². The van der Waals surface area contributed by atoms with E-state index in [-0.39, 0.29) is 11.6 Å². The van der Waals surface area contributed by atoms with Crippen LogP contribution in [0, 0.1) is 0 Å². The Morgan fingerprint density at radius 1 is 1.10 bits per heavy atom. The Balaban J connectivity index is 1.40. The highest BCUT2D eigenvalue weighted by molar-refractivity contribution is 7.98. The number of hydrogen-bond donors (Lipinski definition) is 0. The van der Waals surface area contributed by atoms with Crippen LogP contribution in [0.3, 0.4) is 0 Å². The molecule has 5 rings (SSSR count). The molecule has 31 heavy (non-hydrogen) atoms. The van der Waals surface area contributed by atoms with Gasteiger partial charge in [0.2, 0.25) is 0 Å². The molecule has 6 nitrogen and oxygen atoms in total. The molecule has 2 aromatic heterocycles. The van der Waals surface area contributed by atoms with Gasteiger partial charge in [0.05, 0.1) is 30.8 Å². The van der Waals surface area contributed by atoms with Crippen LogP contribution in [0.2, 0.25) is 0 Å². The third-order valence-electron chi connectivity index (χ3n) is 5.22. The van der Waals surface area contributed by atoms with E-state index in [1.54, 1.807) is 37.3 Å². The van der Waals surface area contributed by atoms with Gasteiger partial charge in [-0.3, -0.25) is 9.36 Å². The van der Waals surface area contributed by atoms with E-state index in [0.717, 1.165) is 39.8 Å². The quantitative estimate of drug-likeness (QED) is 0.285. The van der Waals surface area contributed by atoms with Crippen molar-refractivity contribution in [1.29, 1.82) is 0 Å². The molecule has 2 heterocycles. The molecule has 0 unspecified atom stereocenters. The Labute approximate surface area is 187 Å². The monoisotopic (exact) mass is 451 g/mol. The van der Waals surface area contributed by atoms with Crippen molar-refractivity contribution < 1.29 is 9.47 Å². The average Bonchev–Trinajstić information content (AvgIpc) is 3.53. The molecule has 0 saturated heterocycles. The van der Waals surface area contributed by atoms with Crippen LogP contribution in [0.4, 0.5) is 0 Å². The molecule has 0 radical (unpaired) electrons. The molecule has 2 aromatic carbocycles. The minimum atomic E-state index is 0.0555. The first-order valence-corrected chi connectivity index (χ1v) is 11.9. The lowest BCUT2D eigenvalue weighted by Gasteiger charge is -2.11. The average molecular weight is 452 g/mol. The molecule has 1 fully saturated rings. The Hall–Kier alpha value is -2.84. The van der Waals surface area contributed by atoms with Crippen molar-refractivity contribution in [1.82, 2.24) is 14.5 Å². The van der Waals surface area contributed by atoms with Crippen LogP contribution in [-0.2, 0) is 5.75 Å². The first kappa shape index (κ1) is 20.1. The van der Waals surface area contributed by atoms with Gasteiger partial charge in [-0.1, -0.05) is 23.9 Å². The summed E-state index contributed by atoms with van der Waals surface area (Å²) in [5, 5.41) is 4.43. The highest BCUT2D eigenvalue weighted by Crippen LogP contribution is 2.38. The molecule has 1 aliphatic rings. The van der Waals surface area contributed by atoms with Crippen LogP contribution in [0.1, 0.15) is 24.6 Å². The van der Waals surface area contributed by atoms with E-state index in [4.69, 9.17) is 19.4 Å². The maximum absolute atomic E-state index is 13.0. The van der Waals surface area contributed by atoms with Crippen LogP contribution >= 0.6 is 23.1 Å². The summed E-state index contributed by atoms with van der Waals surface area (Å²) in [6.45, 7) is 0. The van der Waals surface area contributed by atoms with Gasteiger partial charge in [0.15, 0.2) is 16.7 Å². The number of benzene rings is 2. The number of methoxy groups -OCH3 is 2. The molecule has 0 amide bonds. The van der Waals surface area contributed by atoms with Gasteiger partial charge in [0.1, 0.15) is 5.01 Å². The standard InChI is InChI=1S/C23H21N3O3S2/c1-28-19-10-7-14(11-20(19)29-2)21-24-15(12-30-21)13-31-23-25-18-6-4-3-5-17(18)22(27)26(23)16-8-9-16/h3-7,10-12,16H,8-9,13H2,1-2H3. The molecule has 0 bridgehead atoms. The van der Waals surface area contributed by atoms with Gasteiger partial charge in [-0.25, -0.2) is 9.97 Å². The van der Waals surface area contributed by atoms with Crippen LogP contribution in [0.5, 0.6) is 11.5 Å². The molecular formula is C23H21N3O3S2. The van der Waals surface area contributed by atoms with Crippen LogP contribution in [0.25, 0.3) is 21.5 Å². The third kappa shape index (κ3) is 3.93. The zero-order valence-corrected chi connectivity index (χ0v) is 18.8. The largest absolute Gasteiger partial charge is 0.493 e. The molecule has 4 aromatic rings. The SMILES string of the molecule is COc1ccc(-c2nc(CSc3nc4ccccc4c(=O)n3C3CC3)cs2)cc1OC. The number of hydrogen-bond acceptors (Lipinski definition) is 7. The zero-order valence-electron chi connectivity index (χ0n) is 17.2. The molecule has 0 aliphatic heterocycles. The Morgan fingerprint density at radius 2 is 1.90 bits per heavy atom. The molecular weight excluding hydrogens is 430 g/mol. The number of aromatic nitrogens is 3. The van der Waals surface area contributed by atoms with Crippen molar-refractivity contribution >= 4 is 34.0 Å². The van der Waals surface area contributed by atoms with Gasteiger partial charge in [0, 0.05) is 22.7 Å². The van der Waals surface area contributed by atoms with Gasteiger partial charge in [-0.15, -0.1) is 11.3 Å². The van der Waals surface area contributed by atoms with E-state index in [0.29, 0.717) is 22.6 Å². The predicted molar refractivity (Wildman–Crippen MR) is 124 cm³/mol. The van der Waals surface area contributed by atoms with Gasteiger partial charge < -0.3 is 9.47 Å². The van der Waals surface area contributed by atoms with Gasteiger partial charge >= 0.3 is 0 Å². The van der Waals surface area contributed by atoms with E-state index in [2.05, 4.69) is 5.38 Å². The van der Waals surface area contributed by atoms with Crippen molar-refractivity contribution in [2.45, 2.75) is 29.8 Å². The molecule has 158 valence electrons. The topological polar surface area (TPSA) is 66.2 Å². The highest BCUT2D eigenvalue weighted by Gasteiger charge is 2.28. The summed E-state index contributed by atoms with van der Waals surface area (Å²) in [5.74, 6) is 2.03. The molecule has 0 spiro atoms. The summed E-state index contributed by atoms with van der Waals surface area (Å²) >= 11 is 3.16. The Kier molecular flexibility index (Phi) is 5.41. The first-order chi connectivity index (χ1) is 15.2. The van der Waals surface area contributed by atoms with E-state index >= 15 is 0 Å². The maximum Gasteiger partial charge on any atom is 0.262 e. The summed E-state index contributed by atoms with van der Waals surface area (Å²) in [6, 6.07) is 13.6. The van der Waals surface area contributed by atoms with Crippen molar-refractivity contribution in [3.63, 3.8) is 0 Å². The Morgan fingerprint density at radius 3 is 2.68 bits per heavy atom. The number of thioether (sulfide) groups is 1. The lowest BCUT2D eigenvalue weighted by atomic mass is 10.2. The number of fused-ring (bicyclic) bond motifs is 1. The molecule has 8 heteroatoms. The summed E-state index contributed by atoms with van der Waals surface area (Å²) in [4.78, 5) is 22.6. The van der Waals surface area contributed by atoms with E-state index < -0.39 is 0 Å². The number of ether oxygens (including phenoxy) is 2. The third-order valence-corrected chi connectivity index (χ3v) is 7.15. The molecule has 1 aliphatic carbocycles. The minimum Gasteiger partial charge on any atom is -0.493 e. The van der Waals surface area contributed by atoms with Crippen LogP contribution in [0.15, 0.2) is 57.8 Å². The van der Waals surface area contributed by atoms with Gasteiger partial charge in [-0.2, -0.15) is 0 Å². The summed E-state index contributed by atoms with van der Waals surface area (Å²) in [6.07, 6.45) is 2.07. The van der Waals surface area contributed by atoms with E-state index in [1.165, 1.54) is 0 Å². The van der Waals surface area contributed by atoms with E-state index in [9.17, 15) is 4.79 Å². The summed E-state index contributed by atoms with van der Waals surface area (Å²) in [7, 11) is 3.25. The lowest BCUT2D eigenvalue weighted by molar-refractivity contribution is 0.355. The lowest BCUT2D eigenvalue weighted by Crippen LogP contribution is -2.22. The first-order valence-electron chi connectivity index (χ1n) is 9.99. The number of para-hydroxylation sites is 1. The maximum atomic E-state index is 13.0. The zero-order chi connectivity index (χ0) is 21.4. The van der Waals surface area contributed by atoms with Crippen LogP contribution < -0.4 is 15.0 Å². The van der Waals surface area contributed by atoms with Crippen molar-refractivity contribution in [3.05, 3.63) is 63.9 Å². The summed E-state index contributed by atoms with van der Waals surface area (Å²) in [5.41, 5.74) is 2.75. The van der Waals surface area contributed by atoms with Crippen molar-refractivity contribution in [2.24, 2.45) is 0 Å². The number of thiazole rings is 1.